The molecule has 2 aromatic rings. The Kier molecular flexibility index (Phi) is 3.35. The summed E-state index contributed by atoms with van der Waals surface area (Å²) in [5.74, 6) is -7.81. The van der Waals surface area contributed by atoms with E-state index < -0.39 is 34.9 Å². The van der Waals surface area contributed by atoms with Gasteiger partial charge in [0, 0.05) is 6.07 Å². The van der Waals surface area contributed by atoms with Crippen LogP contribution in [-0.4, -0.2) is 16.1 Å². The SMILES string of the molecule is Cc1[nH]nc(C(=O)Nc2c(F)c(F)cc(F)c2F)c1N. The highest BCUT2D eigenvalue weighted by molar-refractivity contribution is 6.06. The summed E-state index contributed by atoms with van der Waals surface area (Å²) in [4.78, 5) is 11.7. The third-order valence-electron chi connectivity index (χ3n) is 2.56. The molecule has 0 radical (unpaired) electrons. The zero-order valence-electron chi connectivity index (χ0n) is 10.0. The lowest BCUT2D eigenvalue weighted by Gasteiger charge is -2.08. The van der Waals surface area contributed by atoms with Gasteiger partial charge in [0.05, 0.1) is 11.4 Å². The maximum atomic E-state index is 13.4. The molecule has 0 spiro atoms. The highest BCUT2D eigenvalue weighted by Crippen LogP contribution is 2.25. The Morgan fingerprint density at radius 2 is 1.80 bits per heavy atom. The van der Waals surface area contributed by atoms with Gasteiger partial charge in [-0.15, -0.1) is 0 Å². The monoisotopic (exact) mass is 288 g/mol. The molecule has 0 unspecified atom stereocenters. The normalized spacial score (nSPS) is 10.7. The number of nitrogen functional groups attached to an aromatic ring is 1. The van der Waals surface area contributed by atoms with Crippen molar-refractivity contribution in [1.82, 2.24) is 10.2 Å². The first-order chi connectivity index (χ1) is 9.32. The Bertz CT molecular complexity index is 672. The fraction of sp³-hybridized carbons (Fsp3) is 0.0909. The van der Waals surface area contributed by atoms with Crippen molar-refractivity contribution >= 4 is 17.3 Å². The van der Waals surface area contributed by atoms with Gasteiger partial charge in [0.25, 0.3) is 5.91 Å². The van der Waals surface area contributed by atoms with Gasteiger partial charge in [-0.1, -0.05) is 0 Å². The molecule has 0 saturated heterocycles. The zero-order chi connectivity index (χ0) is 15.0. The molecule has 0 saturated carbocycles. The first kappa shape index (κ1) is 13.8. The van der Waals surface area contributed by atoms with Crippen molar-refractivity contribution in [3.8, 4) is 0 Å². The van der Waals surface area contributed by atoms with Gasteiger partial charge in [-0.2, -0.15) is 5.10 Å². The average Bonchev–Trinajstić information content (AvgIpc) is 2.73. The lowest BCUT2D eigenvalue weighted by atomic mass is 10.2. The van der Waals surface area contributed by atoms with E-state index in [1.165, 1.54) is 6.92 Å². The van der Waals surface area contributed by atoms with Gasteiger partial charge in [-0.3, -0.25) is 9.89 Å². The number of H-pyrrole nitrogens is 1. The zero-order valence-corrected chi connectivity index (χ0v) is 10.0. The highest BCUT2D eigenvalue weighted by Gasteiger charge is 2.23. The van der Waals surface area contributed by atoms with Gasteiger partial charge in [0.2, 0.25) is 0 Å². The number of halogens is 4. The average molecular weight is 288 g/mol. The van der Waals surface area contributed by atoms with Gasteiger partial charge in [0.15, 0.2) is 29.0 Å². The number of hydrogen-bond donors (Lipinski definition) is 3. The Morgan fingerprint density at radius 3 is 2.25 bits per heavy atom. The van der Waals surface area contributed by atoms with Crippen molar-refractivity contribution in [2.24, 2.45) is 0 Å². The summed E-state index contributed by atoms with van der Waals surface area (Å²) in [6.45, 7) is 1.52. The van der Waals surface area contributed by atoms with Crippen LogP contribution in [0.1, 0.15) is 16.2 Å². The number of rotatable bonds is 2. The van der Waals surface area contributed by atoms with Crippen LogP contribution in [0.5, 0.6) is 0 Å². The van der Waals surface area contributed by atoms with Crippen molar-refractivity contribution in [3.05, 3.63) is 40.7 Å². The lowest BCUT2D eigenvalue weighted by molar-refractivity contribution is 0.102. The quantitative estimate of drug-likeness (QED) is 0.584. The molecule has 5 nitrogen and oxygen atoms in total. The van der Waals surface area contributed by atoms with Crippen molar-refractivity contribution in [2.45, 2.75) is 6.92 Å². The number of hydrogen-bond acceptors (Lipinski definition) is 3. The predicted molar refractivity (Wildman–Crippen MR) is 62.0 cm³/mol. The summed E-state index contributed by atoms with van der Waals surface area (Å²) in [6, 6.07) is 0.0351. The summed E-state index contributed by atoms with van der Waals surface area (Å²) < 4.78 is 52.7. The first-order valence-electron chi connectivity index (χ1n) is 5.27. The molecule has 2 rings (SSSR count). The van der Waals surface area contributed by atoms with E-state index in [0.29, 0.717) is 5.69 Å². The van der Waals surface area contributed by atoms with Crippen LogP contribution in [-0.2, 0) is 0 Å². The van der Waals surface area contributed by atoms with Crippen LogP contribution in [0, 0.1) is 30.2 Å². The van der Waals surface area contributed by atoms with Gasteiger partial charge >= 0.3 is 0 Å². The summed E-state index contributed by atoms with van der Waals surface area (Å²) in [7, 11) is 0. The minimum absolute atomic E-state index is 0.0351. The van der Waals surface area contributed by atoms with Gasteiger partial charge in [-0.25, -0.2) is 17.6 Å². The molecular weight excluding hydrogens is 280 g/mol. The van der Waals surface area contributed by atoms with Crippen molar-refractivity contribution in [2.75, 3.05) is 11.1 Å². The van der Waals surface area contributed by atoms with E-state index >= 15 is 0 Å². The summed E-state index contributed by atoms with van der Waals surface area (Å²) >= 11 is 0. The number of carbonyl (C=O) groups is 1. The fourth-order valence-corrected chi connectivity index (χ4v) is 1.47. The molecule has 106 valence electrons. The number of anilines is 2. The Morgan fingerprint density at radius 1 is 1.25 bits per heavy atom. The van der Waals surface area contributed by atoms with Gasteiger partial charge in [-0.05, 0) is 6.92 Å². The molecule has 0 aliphatic heterocycles. The molecule has 0 aliphatic carbocycles. The summed E-state index contributed by atoms with van der Waals surface area (Å²) in [6.07, 6.45) is 0. The Labute approximate surface area is 109 Å². The van der Waals surface area contributed by atoms with Crippen LogP contribution in [0.15, 0.2) is 6.07 Å². The number of aromatic nitrogens is 2. The molecule has 0 fully saturated rings. The fourth-order valence-electron chi connectivity index (χ4n) is 1.47. The maximum absolute atomic E-state index is 13.4. The Balaban J connectivity index is 2.40. The lowest BCUT2D eigenvalue weighted by Crippen LogP contribution is -2.17. The molecule has 4 N–H and O–H groups in total. The Hall–Kier alpha value is -2.58. The summed E-state index contributed by atoms with van der Waals surface area (Å²) in [5, 5.41) is 7.60. The molecule has 0 aliphatic rings. The number of benzene rings is 1. The van der Waals surface area contributed by atoms with E-state index in [4.69, 9.17) is 5.73 Å². The van der Waals surface area contributed by atoms with Crippen LogP contribution >= 0.6 is 0 Å². The molecule has 1 amide bonds. The second-order valence-corrected chi connectivity index (χ2v) is 3.91. The number of amides is 1. The van der Waals surface area contributed by atoms with E-state index in [0.717, 1.165) is 0 Å². The third-order valence-corrected chi connectivity index (χ3v) is 2.56. The van der Waals surface area contributed by atoms with E-state index in [-0.39, 0.29) is 17.4 Å². The first-order valence-corrected chi connectivity index (χ1v) is 5.27. The number of aryl methyl sites for hydroxylation is 1. The molecule has 1 heterocycles. The molecule has 0 atom stereocenters. The number of nitrogens with two attached hydrogens (primary N) is 1. The molecular formula is C11H8F4N4O. The number of carbonyl (C=O) groups excluding carboxylic acids is 1. The minimum atomic E-state index is -1.72. The number of aromatic amines is 1. The maximum Gasteiger partial charge on any atom is 0.278 e. The van der Waals surface area contributed by atoms with Crippen LogP contribution in [0.2, 0.25) is 0 Å². The second-order valence-electron chi connectivity index (χ2n) is 3.91. The molecule has 9 heteroatoms. The number of nitrogens with zero attached hydrogens (tertiary/aromatic N) is 1. The molecule has 1 aromatic carbocycles. The number of nitrogens with one attached hydrogen (secondary N) is 2. The van der Waals surface area contributed by atoms with E-state index in [9.17, 15) is 22.4 Å². The summed E-state index contributed by atoms with van der Waals surface area (Å²) in [5.41, 5.74) is 4.24. The van der Waals surface area contributed by atoms with Crippen molar-refractivity contribution in [1.29, 1.82) is 0 Å². The molecule has 20 heavy (non-hydrogen) atoms. The van der Waals surface area contributed by atoms with Crippen LogP contribution in [0.25, 0.3) is 0 Å². The minimum Gasteiger partial charge on any atom is -0.395 e. The molecule has 0 bridgehead atoms. The van der Waals surface area contributed by atoms with Crippen LogP contribution in [0.3, 0.4) is 0 Å². The van der Waals surface area contributed by atoms with Crippen LogP contribution in [0.4, 0.5) is 28.9 Å². The standard InChI is InChI=1S/C11H8F4N4O/c1-3-8(16)10(19-18-3)11(20)17-9-6(14)4(12)2-5(13)7(9)15/h2H,16H2,1H3,(H,17,20)(H,18,19). The van der Waals surface area contributed by atoms with Gasteiger partial charge in [0.1, 0.15) is 5.69 Å². The van der Waals surface area contributed by atoms with E-state index in [2.05, 4.69) is 10.2 Å². The largest absolute Gasteiger partial charge is 0.395 e. The molecule has 1 aromatic heterocycles. The highest BCUT2D eigenvalue weighted by atomic mass is 19.2. The van der Waals surface area contributed by atoms with Gasteiger partial charge < -0.3 is 11.1 Å². The topological polar surface area (TPSA) is 83.8 Å². The predicted octanol–water partition coefficient (Wildman–Crippen LogP) is 2.11. The van der Waals surface area contributed by atoms with Crippen molar-refractivity contribution < 1.29 is 22.4 Å². The van der Waals surface area contributed by atoms with E-state index in [1.807, 2.05) is 0 Å². The smallest absolute Gasteiger partial charge is 0.278 e. The van der Waals surface area contributed by atoms with E-state index in [1.54, 1.807) is 5.32 Å². The van der Waals surface area contributed by atoms with Crippen molar-refractivity contribution in [3.63, 3.8) is 0 Å². The van der Waals surface area contributed by atoms with Crippen LogP contribution < -0.4 is 11.1 Å². The third kappa shape index (κ3) is 2.17. The second kappa shape index (κ2) is 4.83.